The maximum atomic E-state index is 10.3. The molecular weight excluding hydrogens is 571 g/mol. The molecule has 1 N–H and O–H groups in total. The average molecular weight is 593 g/mol. The molecular formula is C24H21N4O2Pt-. The van der Waals surface area contributed by atoms with Gasteiger partial charge in [0.1, 0.15) is 11.6 Å². The van der Waals surface area contributed by atoms with Crippen LogP contribution in [-0.2, 0) is 26.5 Å². The monoisotopic (exact) mass is 592 g/mol. The Balaban J connectivity index is 0.00000272. The summed E-state index contributed by atoms with van der Waals surface area (Å²) in [5.74, 6) is 2.59. The summed E-state index contributed by atoms with van der Waals surface area (Å²) in [6, 6.07) is 21.2. The van der Waals surface area contributed by atoms with E-state index in [1.807, 2.05) is 51.1 Å². The van der Waals surface area contributed by atoms with Gasteiger partial charge in [0.2, 0.25) is 5.88 Å². The second-order valence-corrected chi connectivity index (χ2v) is 7.77. The van der Waals surface area contributed by atoms with Gasteiger partial charge in [0.15, 0.2) is 5.82 Å². The van der Waals surface area contributed by atoms with Crippen LogP contribution in [0, 0.1) is 6.07 Å². The van der Waals surface area contributed by atoms with Crippen LogP contribution in [0.15, 0.2) is 66.9 Å². The Labute approximate surface area is 195 Å². The summed E-state index contributed by atoms with van der Waals surface area (Å²) in [6.07, 6.45) is 1.67. The molecule has 2 aromatic heterocycles. The summed E-state index contributed by atoms with van der Waals surface area (Å²) in [6.45, 7) is 6.10. The second kappa shape index (κ2) is 9.36. The number of phenolic OH excluding ortho intramolecular Hbond substituents is 1. The normalized spacial score (nSPS) is 10.9. The van der Waals surface area contributed by atoms with Gasteiger partial charge in [-0.1, -0.05) is 45.0 Å². The van der Waals surface area contributed by atoms with Gasteiger partial charge in [-0.15, -0.1) is 23.8 Å². The molecule has 31 heavy (non-hydrogen) atoms. The molecule has 4 aromatic rings. The topological polar surface area (TPSA) is 81.0 Å². The number of ether oxygens (including phenoxy) is 1. The predicted octanol–water partition coefficient (Wildman–Crippen LogP) is 5.19. The number of benzene rings is 2. The first-order valence-corrected chi connectivity index (χ1v) is 9.57. The van der Waals surface area contributed by atoms with E-state index in [0.29, 0.717) is 40.2 Å². The second-order valence-electron chi connectivity index (χ2n) is 7.77. The molecule has 0 fully saturated rings. The number of phenols is 1. The summed E-state index contributed by atoms with van der Waals surface area (Å²) in [4.78, 5) is 18.1. The summed E-state index contributed by atoms with van der Waals surface area (Å²) in [7, 11) is 0. The molecule has 4 rings (SSSR count). The van der Waals surface area contributed by atoms with E-state index >= 15 is 0 Å². The molecule has 2 aromatic carbocycles. The maximum absolute atomic E-state index is 10.3. The van der Waals surface area contributed by atoms with Gasteiger partial charge in [0.25, 0.3) is 0 Å². The summed E-state index contributed by atoms with van der Waals surface area (Å²) >= 11 is 0. The SMILES string of the molecule is CC(C)(C)c1nc(-c2[c-]c(Oc3ccccn3)ccc2)nc(-c2ccccc2O)n1.[Pt]. The minimum atomic E-state index is -0.307. The molecule has 0 amide bonds. The molecule has 0 radical (unpaired) electrons. The third kappa shape index (κ3) is 5.33. The van der Waals surface area contributed by atoms with Crippen molar-refractivity contribution in [3.63, 3.8) is 0 Å². The fraction of sp³-hybridized carbons (Fsp3) is 0.167. The molecule has 2 heterocycles. The van der Waals surface area contributed by atoms with Crippen LogP contribution >= 0.6 is 0 Å². The minimum Gasteiger partial charge on any atom is -0.507 e. The van der Waals surface area contributed by atoms with E-state index in [1.54, 1.807) is 36.5 Å². The van der Waals surface area contributed by atoms with Crippen LogP contribution in [-0.4, -0.2) is 25.0 Å². The Hall–Kier alpha value is -3.11. The molecule has 0 aliphatic heterocycles. The van der Waals surface area contributed by atoms with Gasteiger partial charge >= 0.3 is 0 Å². The molecule has 0 saturated heterocycles. The fourth-order valence-electron chi connectivity index (χ4n) is 2.77. The van der Waals surface area contributed by atoms with E-state index in [2.05, 4.69) is 26.0 Å². The van der Waals surface area contributed by atoms with Gasteiger partial charge in [-0.05, 0) is 18.2 Å². The number of hydrogen-bond acceptors (Lipinski definition) is 6. The van der Waals surface area contributed by atoms with Crippen LogP contribution in [0.25, 0.3) is 22.8 Å². The first kappa shape index (κ1) is 22.6. The Morgan fingerprint density at radius 1 is 0.839 bits per heavy atom. The molecule has 0 aliphatic carbocycles. The van der Waals surface area contributed by atoms with Gasteiger partial charge in [0.05, 0.1) is 11.4 Å². The van der Waals surface area contributed by atoms with Crippen LogP contribution in [0.5, 0.6) is 17.4 Å². The molecule has 0 atom stereocenters. The predicted molar refractivity (Wildman–Crippen MR) is 114 cm³/mol. The number of rotatable bonds is 4. The van der Waals surface area contributed by atoms with Crippen molar-refractivity contribution in [2.75, 3.05) is 0 Å². The van der Waals surface area contributed by atoms with Crippen LogP contribution in [0.3, 0.4) is 0 Å². The van der Waals surface area contributed by atoms with Gasteiger partial charge in [0, 0.05) is 44.5 Å². The van der Waals surface area contributed by atoms with Crippen molar-refractivity contribution < 1.29 is 30.9 Å². The van der Waals surface area contributed by atoms with E-state index in [-0.39, 0.29) is 32.2 Å². The van der Waals surface area contributed by atoms with Gasteiger partial charge < -0.3 is 9.84 Å². The smallest absolute Gasteiger partial charge is 0.217 e. The van der Waals surface area contributed by atoms with E-state index in [1.165, 1.54) is 0 Å². The first-order chi connectivity index (χ1) is 14.4. The Kier molecular flexibility index (Phi) is 6.81. The Morgan fingerprint density at radius 3 is 2.29 bits per heavy atom. The van der Waals surface area contributed by atoms with Gasteiger partial charge in [-0.3, -0.25) is 9.97 Å². The number of aromatic nitrogens is 4. The first-order valence-electron chi connectivity index (χ1n) is 9.57. The third-order valence-electron chi connectivity index (χ3n) is 4.31. The molecule has 6 nitrogen and oxygen atoms in total. The summed E-state index contributed by atoms with van der Waals surface area (Å²) < 4.78 is 5.79. The van der Waals surface area contributed by atoms with Gasteiger partial charge in [-0.2, -0.15) is 0 Å². The zero-order chi connectivity index (χ0) is 21.1. The number of nitrogens with zero attached hydrogens (tertiary/aromatic N) is 4. The Morgan fingerprint density at radius 2 is 1.58 bits per heavy atom. The summed E-state index contributed by atoms with van der Waals surface area (Å²) in [5.41, 5.74) is 0.902. The van der Waals surface area contributed by atoms with Crippen molar-refractivity contribution in [2.45, 2.75) is 26.2 Å². The molecule has 0 spiro atoms. The zero-order valence-electron chi connectivity index (χ0n) is 17.3. The quantitative estimate of drug-likeness (QED) is 0.329. The van der Waals surface area contributed by atoms with E-state index in [9.17, 15) is 5.11 Å². The van der Waals surface area contributed by atoms with Crippen molar-refractivity contribution in [3.05, 3.63) is 78.8 Å². The standard InChI is InChI=1S/C24H21N4O2.Pt/c1-24(2,3)23-27-21(26-22(28-23)18-11-4-5-12-19(18)29)16-9-8-10-17(15-16)30-20-13-6-7-14-25-20;/h4-14,29H,1-3H3;/q-1;. The minimum absolute atomic E-state index is 0. The van der Waals surface area contributed by atoms with Crippen LogP contribution in [0.4, 0.5) is 0 Å². The zero-order valence-corrected chi connectivity index (χ0v) is 19.6. The molecule has 0 bridgehead atoms. The number of aromatic hydroxyl groups is 1. The van der Waals surface area contributed by atoms with Crippen LogP contribution < -0.4 is 4.74 Å². The average Bonchev–Trinajstić information content (AvgIpc) is 2.74. The maximum Gasteiger partial charge on any atom is 0.217 e. The van der Waals surface area contributed by atoms with Gasteiger partial charge in [-0.25, -0.2) is 9.97 Å². The van der Waals surface area contributed by atoms with Crippen LogP contribution in [0.2, 0.25) is 0 Å². The fourth-order valence-corrected chi connectivity index (χ4v) is 2.77. The van der Waals surface area contributed by atoms with E-state index in [4.69, 9.17) is 4.74 Å². The van der Waals surface area contributed by atoms with Crippen molar-refractivity contribution in [3.8, 4) is 40.2 Å². The molecule has 0 aliphatic rings. The van der Waals surface area contributed by atoms with E-state index < -0.39 is 0 Å². The van der Waals surface area contributed by atoms with Crippen molar-refractivity contribution in [1.29, 1.82) is 0 Å². The molecule has 0 unspecified atom stereocenters. The van der Waals surface area contributed by atoms with Crippen molar-refractivity contribution in [2.24, 2.45) is 0 Å². The third-order valence-corrected chi connectivity index (χ3v) is 4.31. The van der Waals surface area contributed by atoms with Crippen molar-refractivity contribution in [1.82, 2.24) is 19.9 Å². The van der Waals surface area contributed by atoms with Crippen LogP contribution in [0.1, 0.15) is 26.6 Å². The molecule has 0 saturated carbocycles. The molecule has 7 heteroatoms. The number of pyridine rings is 1. The largest absolute Gasteiger partial charge is 0.507 e. The number of hydrogen-bond donors (Lipinski definition) is 1. The Bertz CT molecular complexity index is 1180. The van der Waals surface area contributed by atoms with Crippen molar-refractivity contribution >= 4 is 0 Å². The summed E-state index contributed by atoms with van der Waals surface area (Å²) in [5, 5.41) is 10.3. The number of para-hydroxylation sites is 1. The van der Waals surface area contributed by atoms with E-state index in [0.717, 1.165) is 0 Å². The molecule has 160 valence electrons.